The fourth-order valence-corrected chi connectivity index (χ4v) is 4.96. The van der Waals surface area contributed by atoms with Gasteiger partial charge in [-0.05, 0) is 85.9 Å². The number of nitriles is 4. The number of benzene rings is 5. The molecule has 0 unspecified atom stereocenters. The maximum absolute atomic E-state index is 9.46. The van der Waals surface area contributed by atoms with E-state index in [2.05, 4.69) is 0 Å². The fourth-order valence-electron chi connectivity index (χ4n) is 4.96. The molecule has 0 saturated carbocycles. The summed E-state index contributed by atoms with van der Waals surface area (Å²) in [5.41, 5.74) is 1.38. The predicted molar refractivity (Wildman–Crippen MR) is 148 cm³/mol. The first kappa shape index (κ1) is 23.9. The van der Waals surface area contributed by atoms with E-state index in [0.29, 0.717) is 22.6 Å². The zero-order valence-corrected chi connectivity index (χ0v) is 20.5. The number of nitrogens with zero attached hydrogens (tertiary/aromatic N) is 4. The van der Waals surface area contributed by atoms with E-state index in [1.54, 1.807) is 26.4 Å². The Bertz CT molecular complexity index is 1970. The van der Waals surface area contributed by atoms with Crippen molar-refractivity contribution in [1.82, 2.24) is 0 Å². The molecule has 0 aliphatic heterocycles. The van der Waals surface area contributed by atoms with Crippen LogP contribution in [0.25, 0.3) is 55.2 Å². The molecule has 0 aromatic heterocycles. The SMILES string of the molecule is COc1ccc2c(c1)cc(OC)c1ccc3c(C=C(C#N)C#N)cc4cccc(C=C(C#N)C#N)c4c3c12. The highest BCUT2D eigenvalue weighted by Gasteiger charge is 2.17. The van der Waals surface area contributed by atoms with Crippen molar-refractivity contribution in [3.63, 3.8) is 0 Å². The van der Waals surface area contributed by atoms with Gasteiger partial charge < -0.3 is 9.47 Å². The van der Waals surface area contributed by atoms with Crippen LogP contribution in [0.1, 0.15) is 11.1 Å². The van der Waals surface area contributed by atoms with Crippen molar-refractivity contribution in [2.24, 2.45) is 0 Å². The molecule has 38 heavy (non-hydrogen) atoms. The molecule has 0 aliphatic carbocycles. The quantitative estimate of drug-likeness (QED) is 0.195. The second kappa shape index (κ2) is 9.67. The van der Waals surface area contributed by atoms with Crippen molar-refractivity contribution < 1.29 is 9.47 Å². The molecular weight excluding hydrogens is 472 g/mol. The predicted octanol–water partition coefficient (Wildman–Crippen LogP) is 7.18. The maximum atomic E-state index is 9.46. The highest BCUT2D eigenvalue weighted by atomic mass is 16.5. The topological polar surface area (TPSA) is 114 Å². The highest BCUT2D eigenvalue weighted by molar-refractivity contribution is 6.31. The first-order chi connectivity index (χ1) is 18.6. The highest BCUT2D eigenvalue weighted by Crippen LogP contribution is 2.44. The summed E-state index contributed by atoms with van der Waals surface area (Å²) >= 11 is 0. The van der Waals surface area contributed by atoms with Gasteiger partial charge in [0.05, 0.1) is 14.2 Å². The smallest absolute Gasteiger partial charge is 0.130 e. The summed E-state index contributed by atoms with van der Waals surface area (Å²) in [6.45, 7) is 0. The van der Waals surface area contributed by atoms with Gasteiger partial charge in [0.25, 0.3) is 0 Å². The fraction of sp³-hybridized carbons (Fsp3) is 0.0625. The van der Waals surface area contributed by atoms with E-state index in [4.69, 9.17) is 9.47 Å². The van der Waals surface area contributed by atoms with Gasteiger partial charge in [0, 0.05) is 10.8 Å². The number of methoxy groups -OCH3 is 2. The van der Waals surface area contributed by atoms with Gasteiger partial charge in [-0.1, -0.05) is 30.3 Å². The van der Waals surface area contributed by atoms with Gasteiger partial charge in [-0.3, -0.25) is 0 Å². The number of fused-ring (bicyclic) bond motifs is 7. The van der Waals surface area contributed by atoms with Crippen LogP contribution in [0.5, 0.6) is 11.5 Å². The van der Waals surface area contributed by atoms with Crippen molar-refractivity contribution in [2.75, 3.05) is 14.2 Å². The molecule has 0 bridgehead atoms. The molecule has 0 heterocycles. The molecule has 6 heteroatoms. The number of ether oxygens (including phenoxy) is 2. The third-order valence-corrected chi connectivity index (χ3v) is 6.59. The van der Waals surface area contributed by atoms with E-state index in [0.717, 1.165) is 43.1 Å². The molecule has 0 N–H and O–H groups in total. The van der Waals surface area contributed by atoms with E-state index < -0.39 is 0 Å². The Morgan fingerprint density at radius 2 is 1.26 bits per heavy atom. The average molecular weight is 491 g/mol. The summed E-state index contributed by atoms with van der Waals surface area (Å²) in [5.74, 6) is 1.38. The lowest BCUT2D eigenvalue weighted by molar-refractivity contribution is 0.415. The van der Waals surface area contributed by atoms with Crippen molar-refractivity contribution in [3.8, 4) is 35.8 Å². The van der Waals surface area contributed by atoms with Crippen molar-refractivity contribution in [1.29, 1.82) is 21.0 Å². The van der Waals surface area contributed by atoms with E-state index >= 15 is 0 Å². The van der Waals surface area contributed by atoms with Crippen LogP contribution in [-0.4, -0.2) is 14.2 Å². The molecule has 0 fully saturated rings. The molecule has 6 nitrogen and oxygen atoms in total. The van der Waals surface area contributed by atoms with E-state index in [1.165, 1.54) is 0 Å². The Kier molecular flexibility index (Phi) is 6.08. The maximum Gasteiger partial charge on any atom is 0.130 e. The summed E-state index contributed by atoms with van der Waals surface area (Å²) in [5, 5.41) is 44.8. The minimum absolute atomic E-state index is 0.0155. The zero-order valence-electron chi connectivity index (χ0n) is 20.5. The van der Waals surface area contributed by atoms with Crippen LogP contribution < -0.4 is 9.47 Å². The Labute approximate surface area is 218 Å². The molecule has 0 aliphatic rings. The first-order valence-corrected chi connectivity index (χ1v) is 11.6. The molecule has 178 valence electrons. The summed E-state index contributed by atoms with van der Waals surface area (Å²) in [4.78, 5) is 0. The van der Waals surface area contributed by atoms with Crippen LogP contribution in [0.2, 0.25) is 0 Å². The second-order valence-electron chi connectivity index (χ2n) is 8.55. The Morgan fingerprint density at radius 3 is 1.92 bits per heavy atom. The first-order valence-electron chi connectivity index (χ1n) is 11.6. The zero-order chi connectivity index (χ0) is 26.8. The molecule has 0 spiro atoms. The Morgan fingerprint density at radius 1 is 0.605 bits per heavy atom. The largest absolute Gasteiger partial charge is 0.497 e. The normalized spacial score (nSPS) is 10.3. The van der Waals surface area contributed by atoms with Crippen LogP contribution in [-0.2, 0) is 0 Å². The monoisotopic (exact) mass is 490 g/mol. The lowest BCUT2D eigenvalue weighted by Crippen LogP contribution is -1.93. The molecule has 5 aromatic carbocycles. The summed E-state index contributed by atoms with van der Waals surface area (Å²) in [7, 11) is 3.23. The summed E-state index contributed by atoms with van der Waals surface area (Å²) in [6, 6.07) is 27.1. The summed E-state index contributed by atoms with van der Waals surface area (Å²) in [6.07, 6.45) is 3.16. The van der Waals surface area contributed by atoms with Crippen LogP contribution in [0, 0.1) is 45.3 Å². The average Bonchev–Trinajstić information content (AvgIpc) is 2.96. The number of allylic oxidation sites excluding steroid dienone is 2. The van der Waals surface area contributed by atoms with E-state index in [9.17, 15) is 21.0 Å². The van der Waals surface area contributed by atoms with Gasteiger partial charge in [-0.2, -0.15) is 21.0 Å². The minimum Gasteiger partial charge on any atom is -0.497 e. The molecule has 0 atom stereocenters. The van der Waals surface area contributed by atoms with Crippen LogP contribution in [0.4, 0.5) is 0 Å². The molecule has 0 amide bonds. The third-order valence-electron chi connectivity index (χ3n) is 6.59. The van der Waals surface area contributed by atoms with Gasteiger partial charge in [-0.25, -0.2) is 0 Å². The standard InChI is InChI=1S/C32H18N4O2/c1-37-25-6-7-26-24(13-25)14-29(38-2)28-9-8-27-23(11-20(17-35)18-36)12-22-5-3-4-21(10-19(15-33)16-34)30(22)32(27)31(26)28/h3-14H,1-2H3. The van der Waals surface area contributed by atoms with E-state index in [-0.39, 0.29) is 11.1 Å². The Hall–Kier alpha value is -5.82. The lowest BCUT2D eigenvalue weighted by Gasteiger charge is -2.17. The molecular formula is C32H18N4O2. The van der Waals surface area contributed by atoms with E-state index in [1.807, 2.05) is 84.9 Å². The summed E-state index contributed by atoms with van der Waals surface area (Å²) < 4.78 is 11.3. The van der Waals surface area contributed by atoms with Crippen molar-refractivity contribution in [2.45, 2.75) is 0 Å². The Balaban J connectivity index is 2.14. The van der Waals surface area contributed by atoms with Gasteiger partial charge in [-0.15, -0.1) is 0 Å². The van der Waals surface area contributed by atoms with Crippen molar-refractivity contribution >= 4 is 55.2 Å². The van der Waals surface area contributed by atoms with Crippen LogP contribution in [0.3, 0.4) is 0 Å². The molecule has 0 saturated heterocycles. The van der Waals surface area contributed by atoms with Gasteiger partial charge in [0.2, 0.25) is 0 Å². The molecule has 5 aromatic rings. The number of hydrogen-bond acceptors (Lipinski definition) is 6. The second-order valence-corrected chi connectivity index (χ2v) is 8.55. The molecule has 0 radical (unpaired) electrons. The van der Waals surface area contributed by atoms with Gasteiger partial charge in [0.15, 0.2) is 0 Å². The van der Waals surface area contributed by atoms with Crippen molar-refractivity contribution in [3.05, 3.63) is 82.9 Å². The van der Waals surface area contributed by atoms with Gasteiger partial charge in [0.1, 0.15) is 46.9 Å². The van der Waals surface area contributed by atoms with Gasteiger partial charge >= 0.3 is 0 Å². The number of rotatable bonds is 4. The lowest BCUT2D eigenvalue weighted by atomic mass is 9.87. The molecule has 5 rings (SSSR count). The minimum atomic E-state index is -0.0155. The van der Waals surface area contributed by atoms with Crippen LogP contribution >= 0.6 is 0 Å². The third kappa shape index (κ3) is 3.81. The van der Waals surface area contributed by atoms with Crippen LogP contribution in [0.15, 0.2) is 71.8 Å². The number of hydrogen-bond donors (Lipinski definition) is 0.